The van der Waals surface area contributed by atoms with Crippen LogP contribution in [0.15, 0.2) is 18.3 Å². The predicted molar refractivity (Wildman–Crippen MR) is 67.1 cm³/mol. The molecule has 2 unspecified atom stereocenters. The van der Waals surface area contributed by atoms with E-state index in [0.29, 0.717) is 6.04 Å². The minimum Gasteiger partial charge on any atom is -0.389 e. The van der Waals surface area contributed by atoms with Crippen molar-refractivity contribution in [3.8, 4) is 0 Å². The molecule has 0 saturated carbocycles. The zero-order chi connectivity index (χ0) is 12.4. The molecule has 0 radical (unpaired) electrons. The van der Waals surface area contributed by atoms with Crippen LogP contribution in [-0.2, 0) is 4.74 Å². The number of ether oxygens (including phenoxy) is 1. The molecule has 2 rings (SSSR count). The Kier molecular flexibility index (Phi) is 3.64. The summed E-state index contributed by atoms with van der Waals surface area (Å²) in [5.74, 6) is 0.894. The van der Waals surface area contributed by atoms with Gasteiger partial charge in [-0.3, -0.25) is 0 Å². The lowest BCUT2D eigenvalue weighted by atomic mass is 10.1. The smallest absolute Gasteiger partial charge is 0.128 e. The second-order valence-corrected chi connectivity index (χ2v) is 4.67. The fraction of sp³-hybridized carbons (Fsp3) is 0.615. The van der Waals surface area contributed by atoms with Crippen molar-refractivity contribution in [2.45, 2.75) is 38.5 Å². The third-order valence-electron chi connectivity index (χ3n) is 3.45. The van der Waals surface area contributed by atoms with Crippen LogP contribution in [0.25, 0.3) is 0 Å². The maximum Gasteiger partial charge on any atom is 0.128 e. The average molecular weight is 236 g/mol. The summed E-state index contributed by atoms with van der Waals surface area (Å²) in [6.07, 6.45) is 2.55. The Balaban J connectivity index is 2.18. The molecule has 1 aliphatic heterocycles. The van der Waals surface area contributed by atoms with Crippen LogP contribution in [0.2, 0.25) is 0 Å². The van der Waals surface area contributed by atoms with Crippen LogP contribution in [0, 0.1) is 0 Å². The molecule has 1 N–H and O–H groups in total. The van der Waals surface area contributed by atoms with E-state index in [1.807, 2.05) is 19.2 Å². The van der Waals surface area contributed by atoms with Crippen molar-refractivity contribution in [2.24, 2.45) is 0 Å². The van der Waals surface area contributed by atoms with Crippen molar-refractivity contribution in [2.75, 3.05) is 18.6 Å². The minimum atomic E-state index is -0.456. The second-order valence-electron chi connectivity index (χ2n) is 4.67. The molecule has 17 heavy (non-hydrogen) atoms. The van der Waals surface area contributed by atoms with Crippen molar-refractivity contribution in [3.05, 3.63) is 23.9 Å². The Morgan fingerprint density at radius 3 is 2.94 bits per heavy atom. The summed E-state index contributed by atoms with van der Waals surface area (Å²) in [6.45, 7) is 4.67. The lowest BCUT2D eigenvalue weighted by molar-refractivity contribution is 0.118. The molecule has 94 valence electrons. The number of aromatic nitrogens is 1. The molecule has 0 amide bonds. The number of hydrogen-bond acceptors (Lipinski definition) is 4. The van der Waals surface area contributed by atoms with E-state index in [0.717, 1.165) is 24.4 Å². The monoisotopic (exact) mass is 236 g/mol. The van der Waals surface area contributed by atoms with Gasteiger partial charge in [-0.05, 0) is 38.0 Å². The maximum absolute atomic E-state index is 9.58. The van der Waals surface area contributed by atoms with E-state index in [2.05, 4.69) is 16.8 Å². The second kappa shape index (κ2) is 5.02. The summed E-state index contributed by atoms with van der Waals surface area (Å²) >= 11 is 0. The van der Waals surface area contributed by atoms with Crippen molar-refractivity contribution in [1.29, 1.82) is 0 Å². The number of nitrogens with zero attached hydrogens (tertiary/aromatic N) is 2. The lowest BCUT2D eigenvalue weighted by Crippen LogP contribution is -2.37. The van der Waals surface area contributed by atoms with Gasteiger partial charge in [0.25, 0.3) is 0 Å². The van der Waals surface area contributed by atoms with Crippen LogP contribution in [0.3, 0.4) is 0 Å². The average Bonchev–Trinajstić information content (AvgIpc) is 2.74. The van der Waals surface area contributed by atoms with E-state index in [9.17, 15) is 5.11 Å². The van der Waals surface area contributed by atoms with Gasteiger partial charge >= 0.3 is 0 Å². The summed E-state index contributed by atoms with van der Waals surface area (Å²) < 4.78 is 5.57. The third kappa shape index (κ3) is 2.58. The van der Waals surface area contributed by atoms with E-state index < -0.39 is 6.10 Å². The lowest BCUT2D eigenvalue weighted by Gasteiger charge is -2.28. The van der Waals surface area contributed by atoms with Crippen LogP contribution < -0.4 is 4.90 Å². The molecule has 0 aliphatic carbocycles. The Bertz CT molecular complexity index is 381. The summed E-state index contributed by atoms with van der Waals surface area (Å²) in [7, 11) is 2.03. The largest absolute Gasteiger partial charge is 0.389 e. The summed E-state index contributed by atoms with van der Waals surface area (Å²) in [4.78, 5) is 6.50. The Morgan fingerprint density at radius 1 is 1.59 bits per heavy atom. The molecule has 0 spiro atoms. The van der Waals surface area contributed by atoms with Gasteiger partial charge in [0.1, 0.15) is 5.82 Å². The number of aliphatic hydroxyl groups excluding tert-OH is 1. The van der Waals surface area contributed by atoms with Crippen LogP contribution in [0.5, 0.6) is 0 Å². The van der Waals surface area contributed by atoms with Gasteiger partial charge in [0.2, 0.25) is 0 Å². The molecule has 3 atom stereocenters. The highest BCUT2D eigenvalue weighted by atomic mass is 16.5. The molecule has 1 aromatic rings. The standard InChI is InChI=1S/C13H20N2O2/c1-9(16)11-4-6-14-13(8-11)15(3)12-5-7-17-10(12)2/h4,6,8-10,12,16H,5,7H2,1-3H3/t9-,10?,12?/m1/s1. The highest BCUT2D eigenvalue weighted by Gasteiger charge is 2.28. The summed E-state index contributed by atoms with van der Waals surface area (Å²) in [5.41, 5.74) is 0.897. The molecule has 2 heterocycles. The molecule has 4 heteroatoms. The number of rotatable bonds is 3. The van der Waals surface area contributed by atoms with Crippen LogP contribution in [0.1, 0.15) is 31.9 Å². The van der Waals surface area contributed by atoms with Gasteiger partial charge in [-0.2, -0.15) is 0 Å². The molecular formula is C13H20N2O2. The first-order valence-corrected chi connectivity index (χ1v) is 6.08. The van der Waals surface area contributed by atoms with Gasteiger partial charge < -0.3 is 14.7 Å². The zero-order valence-corrected chi connectivity index (χ0v) is 10.6. The van der Waals surface area contributed by atoms with E-state index in [4.69, 9.17) is 4.74 Å². The van der Waals surface area contributed by atoms with E-state index in [1.165, 1.54) is 0 Å². The Hall–Kier alpha value is -1.13. The maximum atomic E-state index is 9.58. The van der Waals surface area contributed by atoms with E-state index >= 15 is 0 Å². The molecular weight excluding hydrogens is 216 g/mol. The molecule has 0 bridgehead atoms. The van der Waals surface area contributed by atoms with Crippen molar-refractivity contribution < 1.29 is 9.84 Å². The van der Waals surface area contributed by atoms with Crippen LogP contribution in [-0.4, -0.2) is 35.9 Å². The molecule has 1 saturated heterocycles. The third-order valence-corrected chi connectivity index (χ3v) is 3.45. The van der Waals surface area contributed by atoms with Gasteiger partial charge in [-0.25, -0.2) is 4.98 Å². The summed E-state index contributed by atoms with van der Waals surface area (Å²) in [5, 5.41) is 9.58. The topological polar surface area (TPSA) is 45.6 Å². The molecule has 1 fully saturated rings. The number of pyridine rings is 1. The van der Waals surface area contributed by atoms with Crippen LogP contribution in [0.4, 0.5) is 5.82 Å². The fourth-order valence-electron chi connectivity index (χ4n) is 2.29. The molecule has 0 aromatic carbocycles. The van der Waals surface area contributed by atoms with Crippen molar-refractivity contribution in [3.63, 3.8) is 0 Å². The first-order chi connectivity index (χ1) is 8.09. The highest BCUT2D eigenvalue weighted by molar-refractivity contribution is 5.42. The van der Waals surface area contributed by atoms with Gasteiger partial charge in [0, 0.05) is 19.9 Å². The number of aliphatic hydroxyl groups is 1. The minimum absolute atomic E-state index is 0.233. The van der Waals surface area contributed by atoms with E-state index in [-0.39, 0.29) is 6.10 Å². The van der Waals surface area contributed by atoms with Gasteiger partial charge in [0.15, 0.2) is 0 Å². The predicted octanol–water partition coefficient (Wildman–Crippen LogP) is 1.75. The quantitative estimate of drug-likeness (QED) is 0.868. The normalized spacial score (nSPS) is 25.9. The SMILES string of the molecule is CC1OCCC1N(C)c1cc([C@@H](C)O)ccn1. The molecule has 4 nitrogen and oxygen atoms in total. The first kappa shape index (κ1) is 12.3. The number of likely N-dealkylation sites (N-methyl/N-ethyl adjacent to an activating group) is 1. The first-order valence-electron chi connectivity index (χ1n) is 6.08. The number of hydrogen-bond donors (Lipinski definition) is 1. The van der Waals surface area contributed by atoms with E-state index in [1.54, 1.807) is 13.1 Å². The van der Waals surface area contributed by atoms with Crippen LogP contribution >= 0.6 is 0 Å². The Labute approximate surface area is 102 Å². The van der Waals surface area contributed by atoms with Gasteiger partial charge in [-0.1, -0.05) is 0 Å². The molecule has 1 aliphatic rings. The van der Waals surface area contributed by atoms with Crippen molar-refractivity contribution in [1.82, 2.24) is 4.98 Å². The Morgan fingerprint density at radius 2 is 2.35 bits per heavy atom. The van der Waals surface area contributed by atoms with Gasteiger partial charge in [0.05, 0.1) is 18.2 Å². The highest BCUT2D eigenvalue weighted by Crippen LogP contribution is 2.24. The number of anilines is 1. The zero-order valence-electron chi connectivity index (χ0n) is 10.6. The molecule has 1 aromatic heterocycles. The van der Waals surface area contributed by atoms with Crippen molar-refractivity contribution >= 4 is 5.82 Å². The fourth-order valence-corrected chi connectivity index (χ4v) is 2.29. The summed E-state index contributed by atoms with van der Waals surface area (Å²) in [6, 6.07) is 4.15. The van der Waals surface area contributed by atoms with Gasteiger partial charge in [-0.15, -0.1) is 0 Å².